The van der Waals surface area contributed by atoms with Crippen molar-refractivity contribution < 1.29 is 4.79 Å². The van der Waals surface area contributed by atoms with Crippen LogP contribution in [-0.4, -0.2) is 25.0 Å². The molecule has 5 heteroatoms. The highest BCUT2D eigenvalue weighted by Crippen LogP contribution is 2.17. The molecule has 27 heavy (non-hydrogen) atoms. The quantitative estimate of drug-likeness (QED) is 0.687. The molecule has 0 aliphatic rings. The van der Waals surface area contributed by atoms with E-state index >= 15 is 0 Å². The summed E-state index contributed by atoms with van der Waals surface area (Å²) in [5.74, 6) is -0.181. The van der Waals surface area contributed by atoms with Gasteiger partial charge in [0.05, 0.1) is 11.3 Å². The van der Waals surface area contributed by atoms with Crippen molar-refractivity contribution in [1.29, 1.82) is 0 Å². The molecule has 0 saturated carbocycles. The van der Waals surface area contributed by atoms with Crippen LogP contribution in [0, 0.1) is 6.92 Å². The third-order valence-corrected chi connectivity index (χ3v) is 4.22. The number of nitrogens with zero attached hydrogens (tertiary/aromatic N) is 2. The summed E-state index contributed by atoms with van der Waals surface area (Å²) in [5.41, 5.74) is 5.57. The number of pyridine rings is 1. The second-order valence-electron chi connectivity index (χ2n) is 6.70. The van der Waals surface area contributed by atoms with E-state index in [0.717, 1.165) is 17.1 Å². The number of benzene rings is 2. The van der Waals surface area contributed by atoms with Gasteiger partial charge in [-0.25, -0.2) is 0 Å². The average molecular weight is 360 g/mol. The molecule has 1 aromatic heterocycles. The number of nitrogens with one attached hydrogen (secondary N) is 2. The van der Waals surface area contributed by atoms with Gasteiger partial charge in [0.15, 0.2) is 0 Å². The summed E-state index contributed by atoms with van der Waals surface area (Å²) in [6, 6.07) is 17.8. The number of amides is 1. The van der Waals surface area contributed by atoms with E-state index in [1.165, 1.54) is 11.1 Å². The van der Waals surface area contributed by atoms with Crippen LogP contribution in [-0.2, 0) is 6.54 Å². The Hall–Kier alpha value is -3.34. The average Bonchev–Trinajstić information content (AvgIpc) is 2.67. The molecule has 0 aliphatic heterocycles. The Bertz CT molecular complexity index is 920. The predicted octanol–water partition coefficient (Wildman–Crippen LogP) is 4.32. The molecule has 0 radical (unpaired) electrons. The molecule has 0 bridgehead atoms. The van der Waals surface area contributed by atoms with Gasteiger partial charge in [0.25, 0.3) is 5.91 Å². The molecule has 2 N–H and O–H groups in total. The van der Waals surface area contributed by atoms with E-state index in [1.807, 2.05) is 55.4 Å². The molecule has 5 nitrogen and oxygen atoms in total. The van der Waals surface area contributed by atoms with Crippen molar-refractivity contribution in [1.82, 2.24) is 4.98 Å². The fraction of sp³-hybridized carbons (Fsp3) is 0.182. The summed E-state index contributed by atoms with van der Waals surface area (Å²) < 4.78 is 0. The molecular formula is C22H24N4O. The van der Waals surface area contributed by atoms with Crippen LogP contribution in [0.1, 0.15) is 21.5 Å². The first-order valence-corrected chi connectivity index (χ1v) is 8.84. The number of carbonyl (C=O) groups is 1. The minimum Gasteiger partial charge on any atom is -0.380 e. The zero-order valence-corrected chi connectivity index (χ0v) is 15.9. The third-order valence-electron chi connectivity index (χ3n) is 4.22. The topological polar surface area (TPSA) is 57.3 Å². The lowest BCUT2D eigenvalue weighted by atomic mass is 10.1. The minimum absolute atomic E-state index is 0.181. The summed E-state index contributed by atoms with van der Waals surface area (Å²) in [6.45, 7) is 2.75. The third kappa shape index (κ3) is 5.07. The Morgan fingerprint density at radius 2 is 1.78 bits per heavy atom. The van der Waals surface area contributed by atoms with Crippen LogP contribution in [0.2, 0.25) is 0 Å². The Kier molecular flexibility index (Phi) is 5.71. The molecule has 1 amide bonds. The van der Waals surface area contributed by atoms with Crippen LogP contribution in [0.25, 0.3) is 0 Å². The van der Waals surface area contributed by atoms with Gasteiger partial charge in [0, 0.05) is 44.4 Å². The smallest absolute Gasteiger partial charge is 0.257 e. The highest BCUT2D eigenvalue weighted by Gasteiger charge is 2.08. The standard InChI is InChI=1S/C22H24N4O/c1-16-5-4-6-17(11-16)13-24-20-12-18(14-23-15-20)22(27)25-19-7-9-21(10-8-19)26(2)3/h4-12,14-15,24H,13H2,1-3H3,(H,25,27). The number of carbonyl (C=O) groups excluding carboxylic acids is 1. The van der Waals surface area contributed by atoms with Crippen LogP contribution in [0.3, 0.4) is 0 Å². The summed E-state index contributed by atoms with van der Waals surface area (Å²) in [4.78, 5) is 18.7. The van der Waals surface area contributed by atoms with Gasteiger partial charge in [0.2, 0.25) is 0 Å². The maximum atomic E-state index is 12.5. The fourth-order valence-corrected chi connectivity index (χ4v) is 2.73. The largest absolute Gasteiger partial charge is 0.380 e. The zero-order valence-electron chi connectivity index (χ0n) is 15.9. The molecule has 3 aromatic rings. The van der Waals surface area contributed by atoms with Crippen LogP contribution in [0.15, 0.2) is 67.0 Å². The highest BCUT2D eigenvalue weighted by atomic mass is 16.1. The molecule has 1 heterocycles. The lowest BCUT2D eigenvalue weighted by Gasteiger charge is -2.13. The molecule has 2 aromatic carbocycles. The van der Waals surface area contributed by atoms with E-state index in [-0.39, 0.29) is 5.91 Å². The SMILES string of the molecule is Cc1cccc(CNc2cncc(C(=O)Nc3ccc(N(C)C)cc3)c2)c1. The molecule has 0 unspecified atom stereocenters. The minimum atomic E-state index is -0.181. The summed E-state index contributed by atoms with van der Waals surface area (Å²) in [6.07, 6.45) is 3.29. The van der Waals surface area contributed by atoms with Gasteiger partial charge in [-0.05, 0) is 42.8 Å². The Balaban J connectivity index is 1.64. The maximum absolute atomic E-state index is 12.5. The Morgan fingerprint density at radius 3 is 2.48 bits per heavy atom. The molecule has 0 aliphatic carbocycles. The molecule has 0 atom stereocenters. The van der Waals surface area contributed by atoms with Gasteiger partial charge in [-0.15, -0.1) is 0 Å². The van der Waals surface area contributed by atoms with Crippen molar-refractivity contribution in [3.05, 3.63) is 83.7 Å². The van der Waals surface area contributed by atoms with Crippen molar-refractivity contribution >= 4 is 23.0 Å². The monoisotopic (exact) mass is 360 g/mol. The second kappa shape index (κ2) is 8.36. The number of hydrogen-bond acceptors (Lipinski definition) is 4. The van der Waals surface area contributed by atoms with Crippen LogP contribution < -0.4 is 15.5 Å². The van der Waals surface area contributed by atoms with E-state index in [9.17, 15) is 4.79 Å². The molecule has 138 valence electrons. The first-order valence-electron chi connectivity index (χ1n) is 8.84. The van der Waals surface area contributed by atoms with Gasteiger partial charge in [0.1, 0.15) is 0 Å². The van der Waals surface area contributed by atoms with Gasteiger partial charge in [-0.3, -0.25) is 9.78 Å². The second-order valence-corrected chi connectivity index (χ2v) is 6.70. The molecule has 0 fully saturated rings. The van der Waals surface area contributed by atoms with Crippen molar-refractivity contribution in [2.75, 3.05) is 29.6 Å². The van der Waals surface area contributed by atoms with Crippen molar-refractivity contribution in [3.8, 4) is 0 Å². The fourth-order valence-electron chi connectivity index (χ4n) is 2.73. The van der Waals surface area contributed by atoms with Gasteiger partial charge >= 0.3 is 0 Å². The van der Waals surface area contributed by atoms with Crippen molar-refractivity contribution in [2.24, 2.45) is 0 Å². The predicted molar refractivity (Wildman–Crippen MR) is 111 cm³/mol. The first-order chi connectivity index (χ1) is 13.0. The van der Waals surface area contributed by atoms with E-state index in [4.69, 9.17) is 0 Å². The molecule has 0 saturated heterocycles. The van der Waals surface area contributed by atoms with Crippen molar-refractivity contribution in [2.45, 2.75) is 13.5 Å². The summed E-state index contributed by atoms with van der Waals surface area (Å²) >= 11 is 0. The first kappa shape index (κ1) is 18.5. The van der Waals surface area contributed by atoms with Gasteiger partial charge < -0.3 is 15.5 Å². The highest BCUT2D eigenvalue weighted by molar-refractivity contribution is 6.04. The van der Waals surface area contributed by atoms with E-state index in [2.05, 4.69) is 40.7 Å². The van der Waals surface area contributed by atoms with Gasteiger partial charge in [-0.1, -0.05) is 29.8 Å². The number of aromatic nitrogens is 1. The van der Waals surface area contributed by atoms with Crippen molar-refractivity contribution in [3.63, 3.8) is 0 Å². The van der Waals surface area contributed by atoms with E-state index in [1.54, 1.807) is 12.4 Å². The molecule has 0 spiro atoms. The maximum Gasteiger partial charge on any atom is 0.257 e. The van der Waals surface area contributed by atoms with Crippen LogP contribution >= 0.6 is 0 Å². The Morgan fingerprint density at radius 1 is 1.00 bits per heavy atom. The number of hydrogen-bond donors (Lipinski definition) is 2. The molecular weight excluding hydrogens is 336 g/mol. The number of rotatable bonds is 6. The summed E-state index contributed by atoms with van der Waals surface area (Å²) in [5, 5.41) is 6.23. The van der Waals surface area contributed by atoms with Gasteiger partial charge in [-0.2, -0.15) is 0 Å². The van der Waals surface area contributed by atoms with Crippen LogP contribution in [0.5, 0.6) is 0 Å². The number of anilines is 3. The van der Waals surface area contributed by atoms with Crippen LogP contribution in [0.4, 0.5) is 17.1 Å². The molecule has 3 rings (SSSR count). The Labute approximate surface area is 160 Å². The van der Waals surface area contributed by atoms with E-state index in [0.29, 0.717) is 12.1 Å². The number of aryl methyl sites for hydroxylation is 1. The zero-order chi connectivity index (χ0) is 19.2. The normalized spacial score (nSPS) is 10.3. The van der Waals surface area contributed by atoms with E-state index < -0.39 is 0 Å². The summed E-state index contributed by atoms with van der Waals surface area (Å²) in [7, 11) is 3.96. The lowest BCUT2D eigenvalue weighted by Crippen LogP contribution is -2.13. The lowest BCUT2D eigenvalue weighted by molar-refractivity contribution is 0.102.